The number of amides is 4. The molecular formula is C36H50N4O7. The van der Waals surface area contributed by atoms with Gasteiger partial charge in [0.1, 0.15) is 29.3 Å². The average Bonchev–Trinajstić information content (AvgIpc) is 2.95. The van der Waals surface area contributed by atoms with Gasteiger partial charge in [-0.3, -0.25) is 14.4 Å². The number of hydrogen-bond acceptors (Lipinski definition) is 7. The van der Waals surface area contributed by atoms with Gasteiger partial charge in [0.2, 0.25) is 17.7 Å². The Morgan fingerprint density at radius 2 is 1.49 bits per heavy atom. The normalized spacial score (nSPS) is 13.5. The van der Waals surface area contributed by atoms with Crippen LogP contribution in [0.4, 0.5) is 4.79 Å². The summed E-state index contributed by atoms with van der Waals surface area (Å²) < 4.78 is 11.1. The molecule has 2 aromatic carbocycles. The molecule has 0 aliphatic rings. The van der Waals surface area contributed by atoms with E-state index < -0.39 is 65.2 Å². The van der Waals surface area contributed by atoms with Crippen molar-refractivity contribution in [1.29, 1.82) is 0 Å². The van der Waals surface area contributed by atoms with Crippen molar-refractivity contribution in [2.24, 2.45) is 5.73 Å². The third-order valence-electron chi connectivity index (χ3n) is 6.76. The number of rotatable bonds is 14. The van der Waals surface area contributed by atoms with Gasteiger partial charge in [-0.15, -0.1) is 0 Å². The fraction of sp³-hybridized carbons (Fsp3) is 0.472. The molecule has 0 saturated heterocycles. The van der Waals surface area contributed by atoms with E-state index in [4.69, 9.17) is 15.2 Å². The number of carbonyl (C=O) groups excluding carboxylic acids is 5. The summed E-state index contributed by atoms with van der Waals surface area (Å²) >= 11 is 0. The summed E-state index contributed by atoms with van der Waals surface area (Å²) in [7, 11) is 0. The highest BCUT2D eigenvalue weighted by Gasteiger charge is 2.39. The van der Waals surface area contributed by atoms with E-state index in [1.165, 1.54) is 4.90 Å². The zero-order chi connectivity index (χ0) is 35.5. The summed E-state index contributed by atoms with van der Waals surface area (Å²) in [6.07, 6.45) is 0.535. The summed E-state index contributed by atoms with van der Waals surface area (Å²) in [5, 5.41) is 5.42. The fourth-order valence-corrected chi connectivity index (χ4v) is 4.81. The van der Waals surface area contributed by atoms with Crippen molar-refractivity contribution in [3.63, 3.8) is 0 Å². The number of nitrogens with zero attached hydrogens (tertiary/aromatic N) is 1. The molecule has 0 aromatic heterocycles. The lowest BCUT2D eigenvalue weighted by molar-refractivity contribution is -0.159. The van der Waals surface area contributed by atoms with Crippen LogP contribution in [0.3, 0.4) is 0 Å². The molecule has 3 unspecified atom stereocenters. The van der Waals surface area contributed by atoms with Crippen molar-refractivity contribution < 1.29 is 33.4 Å². The molecule has 4 amide bonds. The highest BCUT2D eigenvalue weighted by molar-refractivity contribution is 5.94. The minimum atomic E-state index is -1.26. The van der Waals surface area contributed by atoms with Gasteiger partial charge in [-0.1, -0.05) is 61.2 Å². The number of hydrogen-bond donors (Lipinski definition) is 3. The van der Waals surface area contributed by atoms with Crippen LogP contribution in [0.1, 0.15) is 91.0 Å². The lowest BCUT2D eigenvalue weighted by Crippen LogP contribution is -2.56. The van der Waals surface area contributed by atoms with Gasteiger partial charge < -0.3 is 30.7 Å². The van der Waals surface area contributed by atoms with Crippen LogP contribution in [0.25, 0.3) is 6.08 Å². The third kappa shape index (κ3) is 12.9. The Morgan fingerprint density at radius 3 is 2.02 bits per heavy atom. The molecule has 0 radical (unpaired) electrons. The van der Waals surface area contributed by atoms with Crippen molar-refractivity contribution in [3.8, 4) is 0 Å². The van der Waals surface area contributed by atoms with Crippen molar-refractivity contribution in [1.82, 2.24) is 15.5 Å². The van der Waals surface area contributed by atoms with Gasteiger partial charge in [0.05, 0.1) is 0 Å². The number of alkyl carbamates (subject to hydrolysis) is 1. The van der Waals surface area contributed by atoms with Crippen LogP contribution in [0.5, 0.6) is 0 Å². The zero-order valence-electron chi connectivity index (χ0n) is 28.8. The van der Waals surface area contributed by atoms with E-state index in [0.717, 1.165) is 5.56 Å². The SMILES string of the molecule is C=Cc1cccc(C(C(=O)NC(Cc2ccccc2)C(=O)OC(C)(C)C)N(C(=O)C(CCC(N)=O)NC(=O)OC(C)(C)C)C(C)C)c1. The molecular weight excluding hydrogens is 600 g/mol. The van der Waals surface area contributed by atoms with E-state index in [2.05, 4.69) is 17.2 Å². The Balaban J connectivity index is 2.64. The minimum Gasteiger partial charge on any atom is -0.458 e. The van der Waals surface area contributed by atoms with Gasteiger partial charge in [0, 0.05) is 18.9 Å². The molecule has 47 heavy (non-hydrogen) atoms. The molecule has 2 rings (SSSR count). The van der Waals surface area contributed by atoms with E-state index in [9.17, 15) is 24.0 Å². The van der Waals surface area contributed by atoms with E-state index in [1.807, 2.05) is 30.3 Å². The molecule has 256 valence electrons. The lowest BCUT2D eigenvalue weighted by atomic mass is 9.97. The summed E-state index contributed by atoms with van der Waals surface area (Å²) in [5.41, 5.74) is 5.65. The first kappa shape index (κ1) is 38.5. The molecule has 0 spiro atoms. The average molecular weight is 651 g/mol. The first-order chi connectivity index (χ1) is 21.8. The largest absolute Gasteiger partial charge is 0.458 e. The second kappa shape index (κ2) is 16.8. The Bertz CT molecular complexity index is 1410. The molecule has 11 nitrogen and oxygen atoms in total. The maximum atomic E-state index is 14.4. The minimum absolute atomic E-state index is 0.133. The van der Waals surface area contributed by atoms with Crippen LogP contribution in [0.15, 0.2) is 61.2 Å². The number of carbonyl (C=O) groups is 5. The van der Waals surface area contributed by atoms with Gasteiger partial charge in [0.15, 0.2) is 0 Å². The van der Waals surface area contributed by atoms with E-state index in [-0.39, 0.29) is 19.3 Å². The third-order valence-corrected chi connectivity index (χ3v) is 6.76. The van der Waals surface area contributed by atoms with Crippen LogP contribution in [-0.4, -0.2) is 64.0 Å². The summed E-state index contributed by atoms with van der Waals surface area (Å²) in [5.74, 6) is -2.60. The predicted octanol–water partition coefficient (Wildman–Crippen LogP) is 4.84. The number of esters is 1. The van der Waals surface area contributed by atoms with Crippen molar-refractivity contribution in [2.45, 2.75) is 110 Å². The molecule has 0 heterocycles. The highest BCUT2D eigenvalue weighted by atomic mass is 16.6. The predicted molar refractivity (Wildman–Crippen MR) is 181 cm³/mol. The smallest absolute Gasteiger partial charge is 0.408 e. The summed E-state index contributed by atoms with van der Waals surface area (Å²) in [6.45, 7) is 17.5. The lowest BCUT2D eigenvalue weighted by Gasteiger charge is -2.38. The van der Waals surface area contributed by atoms with E-state index in [1.54, 1.807) is 85.7 Å². The quantitative estimate of drug-likeness (QED) is 0.247. The maximum Gasteiger partial charge on any atom is 0.408 e. The number of ether oxygens (including phenoxy) is 2. The first-order valence-corrected chi connectivity index (χ1v) is 15.7. The van der Waals surface area contributed by atoms with E-state index in [0.29, 0.717) is 11.1 Å². The Labute approximate surface area is 278 Å². The van der Waals surface area contributed by atoms with Crippen LogP contribution in [0, 0.1) is 0 Å². The van der Waals surface area contributed by atoms with Crippen molar-refractivity contribution in [3.05, 3.63) is 77.9 Å². The zero-order valence-corrected chi connectivity index (χ0v) is 28.8. The molecule has 0 saturated carbocycles. The van der Waals surface area contributed by atoms with Crippen molar-refractivity contribution >= 4 is 35.9 Å². The molecule has 0 aliphatic carbocycles. The summed E-state index contributed by atoms with van der Waals surface area (Å²) in [4.78, 5) is 68.2. The van der Waals surface area contributed by atoms with Crippen LogP contribution in [0.2, 0.25) is 0 Å². The van der Waals surface area contributed by atoms with Gasteiger partial charge in [-0.25, -0.2) is 9.59 Å². The molecule has 0 bridgehead atoms. The fourth-order valence-electron chi connectivity index (χ4n) is 4.81. The first-order valence-electron chi connectivity index (χ1n) is 15.7. The molecule has 0 aliphatic heterocycles. The molecule has 3 atom stereocenters. The van der Waals surface area contributed by atoms with Gasteiger partial charge in [-0.2, -0.15) is 0 Å². The van der Waals surface area contributed by atoms with Gasteiger partial charge in [-0.05, 0) is 84.6 Å². The second-order valence-corrected chi connectivity index (χ2v) is 13.6. The molecule has 4 N–H and O–H groups in total. The van der Waals surface area contributed by atoms with Crippen LogP contribution < -0.4 is 16.4 Å². The Morgan fingerprint density at radius 1 is 0.872 bits per heavy atom. The maximum absolute atomic E-state index is 14.4. The summed E-state index contributed by atoms with van der Waals surface area (Å²) in [6, 6.07) is 11.9. The standard InChI is InChI=1S/C36H50N4O7/c1-10-24-17-14-18-26(21-24)30(31(42)38-28(33(44)46-35(4,5)6)22-25-15-12-11-13-16-25)40(23(2)3)32(43)27(19-20-29(37)41)39-34(45)47-36(7,8)9/h10-18,21,23,27-28,30H,1,19-20,22H2,2-9H3,(H2,37,41)(H,38,42)(H,39,45). The number of nitrogens with two attached hydrogens (primary N) is 1. The monoisotopic (exact) mass is 650 g/mol. The Hall–Kier alpha value is -4.67. The number of benzene rings is 2. The molecule has 2 aromatic rings. The van der Waals surface area contributed by atoms with Crippen LogP contribution >= 0.6 is 0 Å². The van der Waals surface area contributed by atoms with Gasteiger partial charge >= 0.3 is 12.1 Å². The number of primary amides is 1. The second-order valence-electron chi connectivity index (χ2n) is 13.6. The number of nitrogens with one attached hydrogen (secondary N) is 2. The topological polar surface area (TPSA) is 157 Å². The van der Waals surface area contributed by atoms with E-state index >= 15 is 0 Å². The highest BCUT2D eigenvalue weighted by Crippen LogP contribution is 2.27. The van der Waals surface area contributed by atoms with Gasteiger partial charge in [0.25, 0.3) is 0 Å². The molecule has 0 fully saturated rings. The Kier molecular flexibility index (Phi) is 13.7. The van der Waals surface area contributed by atoms with Crippen LogP contribution in [-0.2, 0) is 35.1 Å². The molecule has 11 heteroatoms. The van der Waals surface area contributed by atoms with Crippen molar-refractivity contribution in [2.75, 3.05) is 0 Å².